The van der Waals surface area contributed by atoms with Gasteiger partial charge in [-0.2, -0.15) is 0 Å². The fourth-order valence-corrected chi connectivity index (χ4v) is 4.00. The Morgan fingerprint density at radius 1 is 1.00 bits per heavy atom. The molecule has 5 amide bonds. The molecule has 1 aromatic carbocycles. The minimum Gasteiger partial charge on any atom is -0.355 e. The van der Waals surface area contributed by atoms with Crippen molar-refractivity contribution in [3.05, 3.63) is 35.4 Å². The van der Waals surface area contributed by atoms with E-state index >= 15 is 0 Å². The first-order valence-electron chi connectivity index (χ1n) is 10.3. The standard InChI is InChI=1S/C21H24N4O5/c26-16(22-10-3-11-24-17(27)8-9-18(24)28)12-23-20(29)19-14-4-1-2-5-15(14)21(30)25(19)13-6-7-13/h1-2,4-5,13,19H,3,6-12H2,(H,22,26)(H,23,29). The normalized spacial score (nSPS) is 20.5. The van der Waals surface area contributed by atoms with Crippen molar-refractivity contribution >= 4 is 29.5 Å². The molecule has 1 atom stereocenters. The van der Waals surface area contributed by atoms with Crippen molar-refractivity contribution in [1.82, 2.24) is 20.4 Å². The van der Waals surface area contributed by atoms with Crippen LogP contribution in [0, 0.1) is 0 Å². The number of carbonyl (C=O) groups is 5. The number of fused-ring (bicyclic) bond motifs is 1. The van der Waals surface area contributed by atoms with Gasteiger partial charge >= 0.3 is 0 Å². The Hall–Kier alpha value is -3.23. The highest BCUT2D eigenvalue weighted by atomic mass is 16.2. The van der Waals surface area contributed by atoms with Crippen LogP contribution in [0.3, 0.4) is 0 Å². The summed E-state index contributed by atoms with van der Waals surface area (Å²) in [5.41, 5.74) is 1.22. The molecule has 4 rings (SSSR count). The third kappa shape index (κ3) is 3.92. The van der Waals surface area contributed by atoms with Crippen LogP contribution in [0.4, 0.5) is 0 Å². The van der Waals surface area contributed by atoms with E-state index in [1.54, 1.807) is 29.2 Å². The summed E-state index contributed by atoms with van der Waals surface area (Å²) in [5.74, 6) is -1.22. The highest BCUT2D eigenvalue weighted by Crippen LogP contribution is 2.41. The molecule has 1 saturated carbocycles. The lowest BCUT2D eigenvalue weighted by Gasteiger charge is -2.24. The van der Waals surface area contributed by atoms with E-state index in [1.165, 1.54) is 4.90 Å². The van der Waals surface area contributed by atoms with E-state index in [1.807, 2.05) is 0 Å². The number of likely N-dealkylation sites (tertiary alicyclic amines) is 1. The summed E-state index contributed by atoms with van der Waals surface area (Å²) in [7, 11) is 0. The molecule has 9 heteroatoms. The molecule has 30 heavy (non-hydrogen) atoms. The zero-order chi connectivity index (χ0) is 21.3. The Bertz CT molecular complexity index is 894. The van der Waals surface area contributed by atoms with Crippen molar-refractivity contribution in [3.63, 3.8) is 0 Å². The topological polar surface area (TPSA) is 116 Å². The summed E-state index contributed by atoms with van der Waals surface area (Å²) >= 11 is 0. The summed E-state index contributed by atoms with van der Waals surface area (Å²) in [6.07, 6.45) is 2.72. The van der Waals surface area contributed by atoms with Crippen molar-refractivity contribution in [1.29, 1.82) is 0 Å². The SMILES string of the molecule is O=C(CNC(=O)C1c2ccccc2C(=O)N1C1CC1)NCCCN1C(=O)CCC1=O. The number of nitrogens with zero attached hydrogens (tertiary/aromatic N) is 2. The molecule has 0 aromatic heterocycles. The molecule has 0 spiro atoms. The van der Waals surface area contributed by atoms with E-state index in [4.69, 9.17) is 0 Å². The minimum atomic E-state index is -0.707. The highest BCUT2D eigenvalue weighted by molar-refractivity contribution is 6.05. The lowest BCUT2D eigenvalue weighted by atomic mass is 10.0. The molecule has 1 saturated heterocycles. The number of benzene rings is 1. The van der Waals surface area contributed by atoms with Gasteiger partial charge in [0.25, 0.3) is 5.91 Å². The molecule has 2 N–H and O–H groups in total. The Labute approximate surface area is 173 Å². The van der Waals surface area contributed by atoms with Crippen LogP contribution in [0.2, 0.25) is 0 Å². The number of hydrogen-bond acceptors (Lipinski definition) is 5. The molecule has 0 radical (unpaired) electrons. The lowest BCUT2D eigenvalue weighted by molar-refractivity contribution is -0.138. The maximum Gasteiger partial charge on any atom is 0.255 e. The van der Waals surface area contributed by atoms with E-state index < -0.39 is 6.04 Å². The first kappa shape index (κ1) is 20.1. The van der Waals surface area contributed by atoms with Crippen LogP contribution in [-0.4, -0.2) is 65.0 Å². The van der Waals surface area contributed by atoms with E-state index in [0.29, 0.717) is 24.1 Å². The van der Waals surface area contributed by atoms with Gasteiger partial charge in [-0.1, -0.05) is 18.2 Å². The Balaban J connectivity index is 1.26. The second-order valence-electron chi connectivity index (χ2n) is 7.79. The molecule has 2 fully saturated rings. The van der Waals surface area contributed by atoms with E-state index in [0.717, 1.165) is 12.8 Å². The summed E-state index contributed by atoms with van der Waals surface area (Å²) in [6, 6.07) is 6.44. The van der Waals surface area contributed by atoms with Crippen LogP contribution in [0.15, 0.2) is 24.3 Å². The highest BCUT2D eigenvalue weighted by Gasteiger charge is 2.47. The first-order chi connectivity index (χ1) is 14.5. The van der Waals surface area contributed by atoms with Gasteiger partial charge in [-0.05, 0) is 30.9 Å². The Morgan fingerprint density at radius 2 is 1.70 bits per heavy atom. The quantitative estimate of drug-likeness (QED) is 0.465. The third-order valence-electron chi connectivity index (χ3n) is 5.65. The smallest absolute Gasteiger partial charge is 0.255 e. The average Bonchev–Trinajstić information content (AvgIpc) is 3.47. The monoisotopic (exact) mass is 412 g/mol. The molecular weight excluding hydrogens is 388 g/mol. The summed E-state index contributed by atoms with van der Waals surface area (Å²) in [6.45, 7) is 0.373. The number of nitrogens with one attached hydrogen (secondary N) is 2. The van der Waals surface area contributed by atoms with Crippen LogP contribution in [0.1, 0.15) is 54.1 Å². The van der Waals surface area contributed by atoms with E-state index in [9.17, 15) is 24.0 Å². The molecule has 2 aliphatic heterocycles. The van der Waals surface area contributed by atoms with Crippen LogP contribution in [0.5, 0.6) is 0 Å². The third-order valence-corrected chi connectivity index (χ3v) is 5.65. The predicted octanol–water partition coefficient (Wildman–Crippen LogP) is 0.117. The molecule has 1 aromatic rings. The van der Waals surface area contributed by atoms with Crippen LogP contribution in [-0.2, 0) is 19.2 Å². The molecule has 9 nitrogen and oxygen atoms in total. The number of carbonyl (C=O) groups excluding carboxylic acids is 5. The molecule has 1 unspecified atom stereocenters. The van der Waals surface area contributed by atoms with Gasteiger partial charge in [0.15, 0.2) is 0 Å². The van der Waals surface area contributed by atoms with E-state index in [-0.39, 0.29) is 61.5 Å². The number of rotatable bonds is 8. The number of hydrogen-bond donors (Lipinski definition) is 2. The van der Waals surface area contributed by atoms with Crippen molar-refractivity contribution in [2.45, 2.75) is 44.2 Å². The zero-order valence-corrected chi connectivity index (χ0v) is 16.6. The average molecular weight is 412 g/mol. The predicted molar refractivity (Wildman–Crippen MR) is 105 cm³/mol. The van der Waals surface area contributed by atoms with Crippen LogP contribution >= 0.6 is 0 Å². The van der Waals surface area contributed by atoms with Crippen molar-refractivity contribution in [3.8, 4) is 0 Å². The maximum atomic E-state index is 12.8. The van der Waals surface area contributed by atoms with Crippen LogP contribution < -0.4 is 10.6 Å². The van der Waals surface area contributed by atoms with Gasteiger partial charge < -0.3 is 15.5 Å². The summed E-state index contributed by atoms with van der Waals surface area (Å²) in [5, 5.41) is 5.30. The van der Waals surface area contributed by atoms with Gasteiger partial charge in [0.1, 0.15) is 6.04 Å². The summed E-state index contributed by atoms with van der Waals surface area (Å²) in [4.78, 5) is 63.5. The molecule has 2 heterocycles. The molecule has 3 aliphatic rings. The van der Waals surface area contributed by atoms with Gasteiger partial charge in [-0.15, -0.1) is 0 Å². The van der Waals surface area contributed by atoms with Crippen molar-refractivity contribution < 1.29 is 24.0 Å². The van der Waals surface area contributed by atoms with Crippen molar-refractivity contribution in [2.24, 2.45) is 0 Å². The zero-order valence-electron chi connectivity index (χ0n) is 16.6. The second-order valence-corrected chi connectivity index (χ2v) is 7.79. The fourth-order valence-electron chi connectivity index (χ4n) is 4.00. The Morgan fingerprint density at radius 3 is 2.40 bits per heavy atom. The van der Waals surface area contributed by atoms with Gasteiger partial charge in [-0.3, -0.25) is 28.9 Å². The van der Waals surface area contributed by atoms with Gasteiger partial charge in [0.05, 0.1) is 6.54 Å². The Kier molecular flexibility index (Phi) is 5.52. The molecule has 0 bridgehead atoms. The first-order valence-corrected chi connectivity index (χ1v) is 10.3. The van der Waals surface area contributed by atoms with Gasteiger partial charge in [-0.25, -0.2) is 0 Å². The largest absolute Gasteiger partial charge is 0.355 e. The van der Waals surface area contributed by atoms with Crippen LogP contribution in [0.25, 0.3) is 0 Å². The molecule has 158 valence electrons. The maximum absolute atomic E-state index is 12.8. The fraction of sp³-hybridized carbons (Fsp3) is 0.476. The van der Waals surface area contributed by atoms with Gasteiger partial charge in [0.2, 0.25) is 23.6 Å². The number of imide groups is 1. The van der Waals surface area contributed by atoms with Gasteiger partial charge in [0, 0.05) is 37.5 Å². The summed E-state index contributed by atoms with van der Waals surface area (Å²) < 4.78 is 0. The number of amides is 5. The lowest BCUT2D eigenvalue weighted by Crippen LogP contribution is -2.44. The van der Waals surface area contributed by atoms with E-state index in [2.05, 4.69) is 10.6 Å². The second kappa shape index (κ2) is 8.25. The molecular formula is C21H24N4O5. The molecule has 1 aliphatic carbocycles. The minimum absolute atomic E-state index is 0.0745. The van der Waals surface area contributed by atoms with Crippen molar-refractivity contribution in [2.75, 3.05) is 19.6 Å².